The second kappa shape index (κ2) is 4.08. The Labute approximate surface area is 113 Å². The second-order valence-corrected chi connectivity index (χ2v) is 5.58. The molecular formula is C12H14BrNO4. The van der Waals surface area contributed by atoms with Crippen LogP contribution in [0.3, 0.4) is 0 Å². The molecule has 18 heavy (non-hydrogen) atoms. The molecule has 3 heterocycles. The van der Waals surface area contributed by atoms with E-state index in [2.05, 4.69) is 15.9 Å². The summed E-state index contributed by atoms with van der Waals surface area (Å²) >= 11 is 3.36. The van der Waals surface area contributed by atoms with Gasteiger partial charge >= 0.3 is 0 Å². The molecule has 0 saturated carbocycles. The number of hydrogen-bond donors (Lipinski definition) is 0. The van der Waals surface area contributed by atoms with Gasteiger partial charge in [0.2, 0.25) is 6.04 Å². The largest absolute Gasteiger partial charge is 0.623 e. The molecule has 0 aromatic carbocycles. The summed E-state index contributed by atoms with van der Waals surface area (Å²) in [5.74, 6) is -0.126. The van der Waals surface area contributed by atoms with Crippen LogP contribution < -0.4 is 0 Å². The highest BCUT2D eigenvalue weighted by atomic mass is 79.9. The standard InChI is InChI=1S/C12H14BrNO4/c1-12(2)17-10-7(6-13)14(15)9(11(10)18-12)8-4-3-5-16-8/h3-5,7,10-11H,6H2,1-2H3/t7-,10+,11-/m0/s1. The first-order valence-electron chi connectivity index (χ1n) is 5.82. The van der Waals surface area contributed by atoms with Crippen molar-refractivity contribution in [3.63, 3.8) is 0 Å². The summed E-state index contributed by atoms with van der Waals surface area (Å²) in [6.07, 6.45) is 0.913. The van der Waals surface area contributed by atoms with Crippen LogP contribution in [0.25, 0.3) is 0 Å². The van der Waals surface area contributed by atoms with Crippen molar-refractivity contribution in [1.29, 1.82) is 0 Å². The summed E-state index contributed by atoms with van der Waals surface area (Å²) in [4.78, 5) is 0. The number of ether oxygens (including phenoxy) is 2. The maximum atomic E-state index is 12.3. The SMILES string of the molecule is CC1(C)O[C@H]2[C@@H](O1)C(c1ccco1)=[N+]([O-])[C@H]2CBr. The third-order valence-corrected chi connectivity index (χ3v) is 3.91. The number of furan rings is 1. The van der Waals surface area contributed by atoms with E-state index in [9.17, 15) is 5.21 Å². The number of halogens is 1. The first kappa shape index (κ1) is 12.2. The average Bonchev–Trinajstić information content (AvgIpc) is 2.93. The number of hydrogen-bond acceptors (Lipinski definition) is 4. The van der Waals surface area contributed by atoms with Gasteiger partial charge in [0.05, 0.1) is 11.6 Å². The van der Waals surface area contributed by atoms with Gasteiger partial charge < -0.3 is 19.1 Å². The molecule has 0 N–H and O–H groups in total. The van der Waals surface area contributed by atoms with Gasteiger partial charge in [0.1, 0.15) is 0 Å². The summed E-state index contributed by atoms with van der Waals surface area (Å²) in [7, 11) is 0. The molecule has 1 aromatic heterocycles. The first-order valence-corrected chi connectivity index (χ1v) is 6.94. The van der Waals surface area contributed by atoms with E-state index >= 15 is 0 Å². The van der Waals surface area contributed by atoms with Crippen molar-refractivity contribution in [3.05, 3.63) is 29.4 Å². The maximum absolute atomic E-state index is 12.3. The Balaban J connectivity index is 2.03. The molecule has 3 rings (SSSR count). The molecule has 3 atom stereocenters. The summed E-state index contributed by atoms with van der Waals surface area (Å²) in [6, 6.07) is 3.23. The van der Waals surface area contributed by atoms with Crippen molar-refractivity contribution < 1.29 is 18.6 Å². The molecule has 0 aliphatic carbocycles. The van der Waals surface area contributed by atoms with Crippen molar-refractivity contribution in [2.24, 2.45) is 0 Å². The van der Waals surface area contributed by atoms with Gasteiger partial charge in [-0.05, 0) is 26.0 Å². The topological polar surface area (TPSA) is 57.7 Å². The van der Waals surface area contributed by atoms with E-state index in [0.717, 1.165) is 4.74 Å². The van der Waals surface area contributed by atoms with Crippen molar-refractivity contribution in [2.45, 2.75) is 37.9 Å². The molecule has 5 nitrogen and oxygen atoms in total. The van der Waals surface area contributed by atoms with Gasteiger partial charge in [0.15, 0.2) is 23.8 Å². The number of fused-ring (bicyclic) bond motifs is 1. The molecule has 2 aliphatic rings. The Kier molecular flexibility index (Phi) is 2.76. The Morgan fingerprint density at radius 3 is 2.83 bits per heavy atom. The minimum absolute atomic E-state index is 0.267. The predicted molar refractivity (Wildman–Crippen MR) is 67.9 cm³/mol. The fraction of sp³-hybridized carbons (Fsp3) is 0.583. The van der Waals surface area contributed by atoms with Crippen molar-refractivity contribution in [2.75, 3.05) is 5.33 Å². The minimum Gasteiger partial charge on any atom is -0.623 e. The molecule has 2 aliphatic heterocycles. The highest BCUT2D eigenvalue weighted by molar-refractivity contribution is 9.09. The molecule has 1 saturated heterocycles. The molecule has 0 unspecified atom stereocenters. The minimum atomic E-state index is -0.672. The lowest BCUT2D eigenvalue weighted by molar-refractivity contribution is -0.498. The Morgan fingerprint density at radius 2 is 2.22 bits per heavy atom. The fourth-order valence-corrected chi connectivity index (χ4v) is 3.17. The van der Waals surface area contributed by atoms with Crippen LogP contribution in [0.1, 0.15) is 19.6 Å². The zero-order valence-electron chi connectivity index (χ0n) is 10.1. The molecule has 98 valence electrons. The van der Waals surface area contributed by atoms with Crippen molar-refractivity contribution >= 4 is 21.6 Å². The normalized spacial score (nSPS) is 34.1. The summed E-state index contributed by atoms with van der Waals surface area (Å²) in [6.45, 7) is 3.71. The quantitative estimate of drug-likeness (QED) is 0.475. The van der Waals surface area contributed by atoms with Gasteiger partial charge in [-0.3, -0.25) is 0 Å². The van der Waals surface area contributed by atoms with Crippen LogP contribution in [-0.4, -0.2) is 39.8 Å². The van der Waals surface area contributed by atoms with E-state index in [1.165, 1.54) is 0 Å². The van der Waals surface area contributed by atoms with E-state index in [0.29, 0.717) is 16.8 Å². The molecule has 0 bridgehead atoms. The number of nitrogens with zero attached hydrogens (tertiary/aromatic N) is 1. The van der Waals surface area contributed by atoms with Gasteiger partial charge in [0.25, 0.3) is 5.71 Å². The van der Waals surface area contributed by atoms with Crippen LogP contribution >= 0.6 is 15.9 Å². The molecule has 0 amide bonds. The van der Waals surface area contributed by atoms with Crippen LogP contribution in [0, 0.1) is 5.21 Å². The Morgan fingerprint density at radius 1 is 1.44 bits per heavy atom. The number of alkyl halides is 1. The van der Waals surface area contributed by atoms with Crippen molar-refractivity contribution in [1.82, 2.24) is 0 Å². The predicted octanol–water partition coefficient (Wildman–Crippen LogP) is 1.88. The smallest absolute Gasteiger partial charge is 0.262 e. The monoisotopic (exact) mass is 315 g/mol. The molecule has 6 heteroatoms. The van der Waals surface area contributed by atoms with Gasteiger partial charge in [0, 0.05) is 0 Å². The molecule has 0 spiro atoms. The number of rotatable bonds is 2. The van der Waals surface area contributed by atoms with Gasteiger partial charge in [-0.1, -0.05) is 15.9 Å². The Bertz CT molecular complexity index is 482. The van der Waals surface area contributed by atoms with E-state index < -0.39 is 5.79 Å². The lowest BCUT2D eigenvalue weighted by Crippen LogP contribution is -2.35. The summed E-state index contributed by atoms with van der Waals surface area (Å²) < 4.78 is 17.9. The van der Waals surface area contributed by atoms with Gasteiger partial charge in [-0.15, -0.1) is 0 Å². The lowest BCUT2D eigenvalue weighted by Gasteiger charge is -2.20. The van der Waals surface area contributed by atoms with Crippen LogP contribution in [0.2, 0.25) is 0 Å². The van der Waals surface area contributed by atoms with Crippen LogP contribution in [0.15, 0.2) is 22.8 Å². The van der Waals surface area contributed by atoms with Crippen molar-refractivity contribution in [3.8, 4) is 0 Å². The summed E-state index contributed by atoms with van der Waals surface area (Å²) in [5, 5.41) is 12.8. The van der Waals surface area contributed by atoms with E-state index in [4.69, 9.17) is 13.9 Å². The van der Waals surface area contributed by atoms with E-state index in [-0.39, 0.29) is 18.2 Å². The Hall–Kier alpha value is -0.850. The molecule has 1 fully saturated rings. The third kappa shape index (κ3) is 1.71. The zero-order chi connectivity index (χ0) is 12.9. The first-order chi connectivity index (χ1) is 8.53. The van der Waals surface area contributed by atoms with Crippen LogP contribution in [-0.2, 0) is 9.47 Å². The van der Waals surface area contributed by atoms with Crippen LogP contribution in [0.4, 0.5) is 0 Å². The van der Waals surface area contributed by atoms with E-state index in [1.54, 1.807) is 18.4 Å². The fourth-order valence-electron chi connectivity index (χ4n) is 2.54. The molecule has 0 radical (unpaired) electrons. The number of hydroxylamine groups is 1. The van der Waals surface area contributed by atoms with E-state index in [1.807, 2.05) is 13.8 Å². The third-order valence-electron chi connectivity index (χ3n) is 3.25. The van der Waals surface area contributed by atoms with Gasteiger partial charge in [-0.25, -0.2) is 0 Å². The average molecular weight is 316 g/mol. The van der Waals surface area contributed by atoms with Gasteiger partial charge in [-0.2, -0.15) is 4.74 Å². The highest BCUT2D eigenvalue weighted by Crippen LogP contribution is 2.37. The summed E-state index contributed by atoms with van der Waals surface area (Å²) in [5.41, 5.74) is 0.514. The molecule has 1 aromatic rings. The maximum Gasteiger partial charge on any atom is 0.262 e. The highest BCUT2D eigenvalue weighted by Gasteiger charge is 2.58. The van der Waals surface area contributed by atoms with Crippen LogP contribution in [0.5, 0.6) is 0 Å². The second-order valence-electron chi connectivity index (χ2n) is 4.93. The molecular weight excluding hydrogens is 302 g/mol. The zero-order valence-corrected chi connectivity index (χ0v) is 11.7. The lowest BCUT2D eigenvalue weighted by atomic mass is 10.1.